The molecule has 0 atom stereocenters. The Morgan fingerprint density at radius 2 is 1.86 bits per heavy atom. The van der Waals surface area contributed by atoms with Gasteiger partial charge >= 0.3 is 5.69 Å². The average molecular weight is 423 g/mol. The molecule has 4 N–H and O–H groups in total. The zero-order valence-corrected chi connectivity index (χ0v) is 16.8. The van der Waals surface area contributed by atoms with Crippen LogP contribution in [0.3, 0.4) is 0 Å². The zero-order valence-electron chi connectivity index (χ0n) is 15.2. The molecule has 1 saturated heterocycles. The van der Waals surface area contributed by atoms with Crippen LogP contribution in [-0.4, -0.2) is 30.6 Å². The smallest absolute Gasteiger partial charge is 0.316 e. The third kappa shape index (κ3) is 3.36. The van der Waals surface area contributed by atoms with Gasteiger partial charge in [0, 0.05) is 24.9 Å². The second-order valence-electron chi connectivity index (χ2n) is 6.35. The molecule has 0 aliphatic carbocycles. The van der Waals surface area contributed by atoms with Crippen LogP contribution < -0.4 is 33.2 Å². The number of nitrogens with zero attached hydrogens (tertiary/aromatic N) is 4. The van der Waals surface area contributed by atoms with Crippen molar-refractivity contribution in [3.05, 3.63) is 55.7 Å². The van der Waals surface area contributed by atoms with E-state index in [1.807, 2.05) is 6.07 Å². The fraction of sp³-hybridized carbons (Fsp3) is 0.312. The highest BCUT2D eigenvalue weighted by atomic mass is 35.5. The molecule has 28 heavy (non-hydrogen) atoms. The molecule has 0 radical (unpaired) electrons. The summed E-state index contributed by atoms with van der Waals surface area (Å²) in [6.07, 6.45) is -0.00879. The van der Waals surface area contributed by atoms with E-state index in [2.05, 4.69) is 26.9 Å². The third-order valence-electron chi connectivity index (χ3n) is 4.54. The summed E-state index contributed by atoms with van der Waals surface area (Å²) in [6, 6.07) is 7.16. The van der Waals surface area contributed by atoms with Crippen LogP contribution in [0.5, 0.6) is 0 Å². The highest BCUT2D eigenvalue weighted by molar-refractivity contribution is 7.99. The molecule has 2 aromatic heterocycles. The summed E-state index contributed by atoms with van der Waals surface area (Å²) in [4.78, 5) is 30.4. The van der Waals surface area contributed by atoms with Gasteiger partial charge in [-0.1, -0.05) is 41.6 Å². The van der Waals surface area contributed by atoms with Gasteiger partial charge in [0.25, 0.3) is 5.56 Å². The first-order valence-electron chi connectivity index (χ1n) is 8.51. The molecule has 1 aliphatic heterocycles. The van der Waals surface area contributed by atoms with Crippen LogP contribution in [0, 0.1) is 0 Å². The van der Waals surface area contributed by atoms with E-state index in [0.29, 0.717) is 32.7 Å². The molecule has 10 nitrogen and oxygen atoms in total. The number of hydrogen-bond donors (Lipinski definition) is 4. The van der Waals surface area contributed by atoms with Crippen molar-refractivity contribution < 1.29 is 0 Å². The number of fused-ring (bicyclic) bond motifs is 1. The van der Waals surface area contributed by atoms with Crippen molar-refractivity contribution in [1.82, 2.24) is 40.6 Å². The van der Waals surface area contributed by atoms with Crippen LogP contribution in [0.4, 0.5) is 0 Å². The van der Waals surface area contributed by atoms with Crippen molar-refractivity contribution in [2.75, 3.05) is 5.75 Å². The molecule has 1 aliphatic rings. The summed E-state index contributed by atoms with van der Waals surface area (Å²) in [5.41, 5.74) is 12.1. The van der Waals surface area contributed by atoms with E-state index in [0.717, 1.165) is 0 Å². The van der Waals surface area contributed by atoms with Crippen molar-refractivity contribution in [2.45, 2.75) is 17.9 Å². The Morgan fingerprint density at radius 3 is 2.57 bits per heavy atom. The molecule has 148 valence electrons. The molecule has 0 spiro atoms. The second-order valence-corrected chi connectivity index (χ2v) is 7.75. The summed E-state index contributed by atoms with van der Waals surface area (Å²) in [5, 5.41) is 1.16. The second kappa shape index (κ2) is 7.70. The molecule has 0 saturated carbocycles. The van der Waals surface area contributed by atoms with E-state index in [4.69, 9.17) is 11.6 Å². The van der Waals surface area contributed by atoms with Crippen LogP contribution in [0.2, 0.25) is 5.02 Å². The summed E-state index contributed by atoms with van der Waals surface area (Å²) >= 11 is 7.68. The number of aryl methyl sites for hydroxylation is 2. The number of imidazole rings is 1. The Labute approximate surface area is 168 Å². The lowest BCUT2D eigenvalue weighted by Gasteiger charge is -2.10. The van der Waals surface area contributed by atoms with Gasteiger partial charge in [0.05, 0.1) is 12.7 Å². The zero-order chi connectivity index (χ0) is 19.8. The van der Waals surface area contributed by atoms with Crippen molar-refractivity contribution in [1.29, 1.82) is 0 Å². The lowest BCUT2D eigenvalue weighted by Crippen LogP contribution is -2.39. The van der Waals surface area contributed by atoms with Crippen LogP contribution in [0.25, 0.3) is 11.2 Å². The van der Waals surface area contributed by atoms with Gasteiger partial charge in [-0.15, -0.1) is 0 Å². The van der Waals surface area contributed by atoms with E-state index >= 15 is 0 Å². The first kappa shape index (κ1) is 19.2. The third-order valence-corrected chi connectivity index (χ3v) is 6.03. The minimum atomic E-state index is -0.431. The fourth-order valence-electron chi connectivity index (χ4n) is 3.01. The lowest BCUT2D eigenvalue weighted by atomic mass is 10.2. The Morgan fingerprint density at radius 1 is 1.14 bits per heavy atom. The molecule has 4 rings (SSSR count). The van der Waals surface area contributed by atoms with E-state index in [-0.39, 0.29) is 18.3 Å². The molecule has 12 heteroatoms. The van der Waals surface area contributed by atoms with Crippen LogP contribution >= 0.6 is 23.4 Å². The highest BCUT2D eigenvalue weighted by Gasteiger charge is 2.21. The minimum Gasteiger partial charge on any atom is -0.316 e. The van der Waals surface area contributed by atoms with Gasteiger partial charge in [0.2, 0.25) is 0 Å². The van der Waals surface area contributed by atoms with Gasteiger partial charge < -0.3 is 4.57 Å². The van der Waals surface area contributed by atoms with E-state index in [1.54, 1.807) is 36.9 Å². The molecular formula is C16H19ClN8O2S. The highest BCUT2D eigenvalue weighted by Crippen LogP contribution is 2.21. The molecular weight excluding hydrogens is 404 g/mol. The summed E-state index contributed by atoms with van der Waals surface area (Å²) in [5.74, 6) is 0.652. The fourth-order valence-corrected chi connectivity index (χ4v) is 4.13. The molecule has 3 aromatic rings. The Hall–Kier alpha value is -2.15. The number of thioether (sulfide) groups is 1. The van der Waals surface area contributed by atoms with Crippen LogP contribution in [0.15, 0.2) is 39.0 Å². The van der Waals surface area contributed by atoms with Crippen molar-refractivity contribution in [3.8, 4) is 0 Å². The molecule has 3 heterocycles. The van der Waals surface area contributed by atoms with Crippen LogP contribution in [0.1, 0.15) is 5.56 Å². The average Bonchev–Trinajstić information content (AvgIpc) is 3.31. The van der Waals surface area contributed by atoms with E-state index in [1.165, 1.54) is 20.9 Å². The van der Waals surface area contributed by atoms with Gasteiger partial charge in [-0.05, 0) is 11.6 Å². The summed E-state index contributed by atoms with van der Waals surface area (Å²) in [7, 11) is 3.39. The molecule has 1 aromatic carbocycles. The number of nitrogens with one attached hydrogen (secondary N) is 4. The number of benzene rings is 1. The van der Waals surface area contributed by atoms with Crippen molar-refractivity contribution >= 4 is 34.5 Å². The topological polar surface area (TPSA) is 110 Å². The monoisotopic (exact) mass is 422 g/mol. The first-order valence-corrected chi connectivity index (χ1v) is 9.87. The number of hydrazine groups is 3. The van der Waals surface area contributed by atoms with Gasteiger partial charge in [-0.25, -0.2) is 20.6 Å². The maximum absolute atomic E-state index is 13.1. The lowest BCUT2D eigenvalue weighted by molar-refractivity contribution is 0.556. The normalized spacial score (nSPS) is 15.0. The summed E-state index contributed by atoms with van der Waals surface area (Å²) in [6.45, 7) is 0.0992. The largest absolute Gasteiger partial charge is 0.332 e. The van der Waals surface area contributed by atoms with E-state index in [9.17, 15) is 9.59 Å². The number of aromatic nitrogens is 4. The maximum Gasteiger partial charge on any atom is 0.332 e. The van der Waals surface area contributed by atoms with Gasteiger partial charge in [-0.3, -0.25) is 13.9 Å². The Bertz CT molecular complexity index is 1150. The predicted molar refractivity (Wildman–Crippen MR) is 108 cm³/mol. The first-order chi connectivity index (χ1) is 13.5. The SMILES string of the molecule is Cn1c(SCC2NNNN2)nc2c1c(=O)n(Cc1ccccc1Cl)c(=O)n2C. The standard InChI is InChI=1S/C16H19ClN8O2S/c1-23-12-13(18-15(23)28-8-11-19-21-22-20-11)24(2)16(27)25(14(12)26)7-9-5-3-4-6-10(9)17/h3-6,11,19-22H,7-8H2,1-2H3. The van der Waals surface area contributed by atoms with Crippen molar-refractivity contribution in [2.24, 2.45) is 14.1 Å². The number of hydrogen-bond acceptors (Lipinski definition) is 8. The van der Waals surface area contributed by atoms with Crippen LogP contribution in [-0.2, 0) is 20.6 Å². The number of halogens is 1. The molecule has 0 bridgehead atoms. The van der Waals surface area contributed by atoms with Gasteiger partial charge in [0.15, 0.2) is 16.3 Å². The molecule has 0 unspecified atom stereocenters. The summed E-state index contributed by atoms with van der Waals surface area (Å²) < 4.78 is 4.31. The van der Waals surface area contributed by atoms with Crippen molar-refractivity contribution in [3.63, 3.8) is 0 Å². The quantitative estimate of drug-likeness (QED) is 0.414. The predicted octanol–water partition coefficient (Wildman–Crippen LogP) is -0.329. The van der Waals surface area contributed by atoms with E-state index < -0.39 is 5.69 Å². The number of rotatable bonds is 5. The molecule has 0 amide bonds. The van der Waals surface area contributed by atoms with Gasteiger partial charge in [-0.2, -0.15) is 11.1 Å². The van der Waals surface area contributed by atoms with Gasteiger partial charge in [0.1, 0.15) is 0 Å². The Kier molecular flexibility index (Phi) is 5.27. The Balaban J connectivity index is 1.76. The minimum absolute atomic E-state index is 0.00879. The maximum atomic E-state index is 13.1. The molecule has 1 fully saturated rings.